The van der Waals surface area contributed by atoms with Crippen LogP contribution < -0.4 is 10.6 Å². The van der Waals surface area contributed by atoms with E-state index in [1.807, 2.05) is 51.1 Å². The SMILES string of the molecule is CCN[C@H](C)CNC(=O)Cc1nnn(-c2ccccc2)c1C. The van der Waals surface area contributed by atoms with Gasteiger partial charge in [-0.05, 0) is 32.5 Å². The van der Waals surface area contributed by atoms with Gasteiger partial charge < -0.3 is 10.6 Å². The maximum absolute atomic E-state index is 12.0. The highest BCUT2D eigenvalue weighted by Crippen LogP contribution is 2.11. The molecule has 0 saturated carbocycles. The van der Waals surface area contributed by atoms with Crippen LogP contribution >= 0.6 is 0 Å². The highest BCUT2D eigenvalue weighted by Gasteiger charge is 2.14. The van der Waals surface area contributed by atoms with Crippen molar-refractivity contribution in [3.8, 4) is 5.69 Å². The highest BCUT2D eigenvalue weighted by atomic mass is 16.1. The molecule has 1 aromatic carbocycles. The molecule has 0 aliphatic rings. The minimum atomic E-state index is -0.0343. The van der Waals surface area contributed by atoms with E-state index in [0.29, 0.717) is 12.2 Å². The number of para-hydroxylation sites is 1. The van der Waals surface area contributed by atoms with E-state index in [9.17, 15) is 4.79 Å². The first-order valence-electron chi connectivity index (χ1n) is 7.58. The van der Waals surface area contributed by atoms with E-state index in [0.717, 1.165) is 17.9 Å². The molecule has 0 radical (unpaired) electrons. The zero-order valence-corrected chi connectivity index (χ0v) is 13.3. The molecular formula is C16H23N5O. The lowest BCUT2D eigenvalue weighted by molar-refractivity contribution is -0.120. The van der Waals surface area contributed by atoms with Crippen LogP contribution in [0.3, 0.4) is 0 Å². The summed E-state index contributed by atoms with van der Waals surface area (Å²) >= 11 is 0. The lowest BCUT2D eigenvalue weighted by atomic mass is 10.2. The van der Waals surface area contributed by atoms with Crippen molar-refractivity contribution < 1.29 is 4.79 Å². The first kappa shape index (κ1) is 16.2. The maximum Gasteiger partial charge on any atom is 0.226 e. The Morgan fingerprint density at radius 2 is 2.05 bits per heavy atom. The summed E-state index contributed by atoms with van der Waals surface area (Å²) in [5, 5.41) is 14.4. The number of nitrogens with one attached hydrogen (secondary N) is 2. The topological polar surface area (TPSA) is 71.8 Å². The molecule has 0 aliphatic carbocycles. The molecule has 6 heteroatoms. The highest BCUT2D eigenvalue weighted by molar-refractivity contribution is 5.78. The van der Waals surface area contributed by atoms with Crippen LogP contribution in [0, 0.1) is 6.92 Å². The van der Waals surface area contributed by atoms with Gasteiger partial charge >= 0.3 is 0 Å². The third-order valence-corrected chi connectivity index (χ3v) is 3.48. The molecule has 6 nitrogen and oxygen atoms in total. The zero-order chi connectivity index (χ0) is 15.9. The average molecular weight is 301 g/mol. The molecule has 118 valence electrons. The zero-order valence-electron chi connectivity index (χ0n) is 13.3. The van der Waals surface area contributed by atoms with Crippen LogP contribution in [0.4, 0.5) is 0 Å². The Labute approximate surface area is 130 Å². The van der Waals surface area contributed by atoms with Crippen LogP contribution in [0.25, 0.3) is 5.69 Å². The fraction of sp³-hybridized carbons (Fsp3) is 0.438. The van der Waals surface area contributed by atoms with E-state index in [-0.39, 0.29) is 18.4 Å². The number of nitrogens with zero attached hydrogens (tertiary/aromatic N) is 3. The van der Waals surface area contributed by atoms with Crippen molar-refractivity contribution in [1.82, 2.24) is 25.6 Å². The Kier molecular flexibility index (Phi) is 5.66. The molecule has 1 heterocycles. The standard InChI is InChI=1S/C16H23N5O/c1-4-17-12(2)11-18-16(22)10-15-13(3)21(20-19-15)14-8-6-5-7-9-14/h5-9,12,17H,4,10-11H2,1-3H3,(H,18,22)/t12-/m1/s1. The lowest BCUT2D eigenvalue weighted by Gasteiger charge is -2.12. The van der Waals surface area contributed by atoms with Gasteiger partial charge in [0.1, 0.15) is 0 Å². The number of likely N-dealkylation sites (N-methyl/N-ethyl adjacent to an activating group) is 1. The third-order valence-electron chi connectivity index (χ3n) is 3.48. The Balaban J connectivity index is 1.97. The number of carbonyl (C=O) groups excluding carboxylic acids is 1. The average Bonchev–Trinajstić information content (AvgIpc) is 2.87. The van der Waals surface area contributed by atoms with E-state index >= 15 is 0 Å². The van der Waals surface area contributed by atoms with Gasteiger partial charge in [0.25, 0.3) is 0 Å². The normalized spacial score (nSPS) is 12.1. The molecule has 0 spiro atoms. The Bertz CT molecular complexity index is 608. The van der Waals surface area contributed by atoms with Crippen LogP contribution in [-0.4, -0.2) is 40.0 Å². The van der Waals surface area contributed by atoms with Gasteiger partial charge in [-0.15, -0.1) is 5.10 Å². The number of aromatic nitrogens is 3. The molecule has 2 rings (SSSR count). The molecule has 2 N–H and O–H groups in total. The monoisotopic (exact) mass is 301 g/mol. The molecule has 22 heavy (non-hydrogen) atoms. The molecule has 1 amide bonds. The van der Waals surface area contributed by atoms with Crippen LogP contribution in [0.2, 0.25) is 0 Å². The summed E-state index contributed by atoms with van der Waals surface area (Å²) in [7, 11) is 0. The minimum Gasteiger partial charge on any atom is -0.354 e. The number of benzene rings is 1. The summed E-state index contributed by atoms with van der Waals surface area (Å²) < 4.78 is 1.75. The van der Waals surface area contributed by atoms with Crippen molar-refractivity contribution in [2.24, 2.45) is 0 Å². The fourth-order valence-corrected chi connectivity index (χ4v) is 2.24. The second kappa shape index (κ2) is 7.70. The fourth-order valence-electron chi connectivity index (χ4n) is 2.24. The largest absolute Gasteiger partial charge is 0.354 e. The Morgan fingerprint density at radius 3 is 2.73 bits per heavy atom. The number of rotatable bonds is 7. The lowest BCUT2D eigenvalue weighted by Crippen LogP contribution is -2.39. The summed E-state index contributed by atoms with van der Waals surface area (Å²) in [5.41, 5.74) is 2.54. The summed E-state index contributed by atoms with van der Waals surface area (Å²) in [4.78, 5) is 12.0. The Hall–Kier alpha value is -2.21. The van der Waals surface area contributed by atoms with Crippen LogP contribution in [0.15, 0.2) is 30.3 Å². The first-order chi connectivity index (χ1) is 10.6. The molecule has 2 aromatic rings. The van der Waals surface area contributed by atoms with Gasteiger partial charge in [0.2, 0.25) is 5.91 Å². The van der Waals surface area contributed by atoms with E-state index in [4.69, 9.17) is 0 Å². The summed E-state index contributed by atoms with van der Waals surface area (Å²) in [6, 6.07) is 10.0. The summed E-state index contributed by atoms with van der Waals surface area (Å²) in [5.74, 6) is -0.0343. The van der Waals surface area contributed by atoms with Crippen molar-refractivity contribution >= 4 is 5.91 Å². The van der Waals surface area contributed by atoms with Gasteiger partial charge in [-0.25, -0.2) is 4.68 Å². The van der Waals surface area contributed by atoms with Crippen molar-refractivity contribution in [2.45, 2.75) is 33.2 Å². The molecule has 1 atom stereocenters. The van der Waals surface area contributed by atoms with E-state index in [2.05, 4.69) is 20.9 Å². The molecule has 0 aliphatic heterocycles. The van der Waals surface area contributed by atoms with Gasteiger partial charge in [0.05, 0.1) is 23.5 Å². The number of amides is 1. The van der Waals surface area contributed by atoms with Gasteiger partial charge in [-0.2, -0.15) is 0 Å². The van der Waals surface area contributed by atoms with Crippen LogP contribution in [-0.2, 0) is 11.2 Å². The summed E-state index contributed by atoms with van der Waals surface area (Å²) in [6.45, 7) is 7.52. The third kappa shape index (κ3) is 4.14. The van der Waals surface area contributed by atoms with E-state index in [1.165, 1.54) is 0 Å². The Morgan fingerprint density at radius 1 is 1.32 bits per heavy atom. The molecule has 0 bridgehead atoms. The van der Waals surface area contributed by atoms with Gasteiger partial charge in [0, 0.05) is 12.6 Å². The van der Waals surface area contributed by atoms with Gasteiger partial charge in [0.15, 0.2) is 0 Å². The number of hydrogen-bond donors (Lipinski definition) is 2. The molecule has 0 saturated heterocycles. The second-order valence-corrected chi connectivity index (χ2v) is 5.31. The summed E-state index contributed by atoms with van der Waals surface area (Å²) in [6.07, 6.45) is 0.248. The van der Waals surface area contributed by atoms with E-state index < -0.39 is 0 Å². The minimum absolute atomic E-state index is 0.0343. The molecule has 1 aromatic heterocycles. The smallest absolute Gasteiger partial charge is 0.226 e. The quantitative estimate of drug-likeness (QED) is 0.807. The predicted molar refractivity (Wildman–Crippen MR) is 85.9 cm³/mol. The number of hydrogen-bond acceptors (Lipinski definition) is 4. The molecular weight excluding hydrogens is 278 g/mol. The van der Waals surface area contributed by atoms with Gasteiger partial charge in [-0.1, -0.05) is 30.3 Å². The van der Waals surface area contributed by atoms with Gasteiger partial charge in [-0.3, -0.25) is 4.79 Å². The van der Waals surface area contributed by atoms with Crippen molar-refractivity contribution in [2.75, 3.05) is 13.1 Å². The molecule has 0 fully saturated rings. The van der Waals surface area contributed by atoms with Crippen molar-refractivity contribution in [3.05, 3.63) is 41.7 Å². The number of carbonyl (C=O) groups is 1. The van der Waals surface area contributed by atoms with Crippen molar-refractivity contribution in [1.29, 1.82) is 0 Å². The van der Waals surface area contributed by atoms with Crippen molar-refractivity contribution in [3.63, 3.8) is 0 Å². The maximum atomic E-state index is 12.0. The second-order valence-electron chi connectivity index (χ2n) is 5.31. The molecule has 0 unspecified atom stereocenters. The first-order valence-corrected chi connectivity index (χ1v) is 7.58. The predicted octanol–water partition coefficient (Wildman–Crippen LogP) is 1.23. The van der Waals surface area contributed by atoms with E-state index in [1.54, 1.807) is 4.68 Å². The van der Waals surface area contributed by atoms with Crippen LogP contribution in [0.5, 0.6) is 0 Å². The van der Waals surface area contributed by atoms with Crippen LogP contribution in [0.1, 0.15) is 25.2 Å².